The maximum atomic E-state index is 13.6. The van der Waals surface area contributed by atoms with E-state index in [2.05, 4.69) is 15.9 Å². The van der Waals surface area contributed by atoms with Gasteiger partial charge in [0.2, 0.25) is 0 Å². The molecule has 0 heterocycles. The average Bonchev–Trinajstić information content (AvgIpc) is 2.27. The molecule has 0 aromatic heterocycles. The molecule has 0 aliphatic rings. The van der Waals surface area contributed by atoms with Crippen LogP contribution in [-0.2, 0) is 13.8 Å². The van der Waals surface area contributed by atoms with Crippen molar-refractivity contribution in [3.63, 3.8) is 0 Å². The molecule has 0 bridgehead atoms. The van der Waals surface area contributed by atoms with E-state index in [4.69, 9.17) is 21.2 Å². The highest BCUT2D eigenvalue weighted by Gasteiger charge is 2.22. The highest BCUT2D eigenvalue weighted by Crippen LogP contribution is 2.32. The third-order valence-electron chi connectivity index (χ3n) is 2.21. The largest absolute Gasteiger partial charge is 0.479 e. The molecule has 0 saturated heterocycles. The number of primary amides is 1. The molecular formula is C10H10BrClFNO4S. The molecule has 1 aromatic carbocycles. The maximum Gasteiger partial charge on any atom is 0.264 e. The molecule has 106 valence electrons. The minimum atomic E-state index is -4.20. The summed E-state index contributed by atoms with van der Waals surface area (Å²) in [6, 6.07) is 1.78. The van der Waals surface area contributed by atoms with E-state index in [1.54, 1.807) is 6.92 Å². The van der Waals surface area contributed by atoms with Crippen molar-refractivity contribution in [1.82, 2.24) is 0 Å². The van der Waals surface area contributed by atoms with E-state index >= 15 is 0 Å². The minimum absolute atomic E-state index is 0.0350. The number of carbonyl (C=O) groups excluding carboxylic acids is 1. The fraction of sp³-hybridized carbons (Fsp3) is 0.300. The minimum Gasteiger partial charge on any atom is -0.479 e. The van der Waals surface area contributed by atoms with Crippen molar-refractivity contribution in [2.24, 2.45) is 5.73 Å². The van der Waals surface area contributed by atoms with Crippen LogP contribution >= 0.6 is 26.6 Å². The smallest absolute Gasteiger partial charge is 0.264 e. The first kappa shape index (κ1) is 16.2. The molecule has 9 heteroatoms. The molecule has 0 aliphatic carbocycles. The number of ether oxygens (including phenoxy) is 1. The fourth-order valence-corrected chi connectivity index (χ4v) is 2.78. The third kappa shape index (κ3) is 4.05. The number of carbonyl (C=O) groups is 1. The van der Waals surface area contributed by atoms with Crippen molar-refractivity contribution in [2.75, 3.05) is 0 Å². The fourth-order valence-electron chi connectivity index (χ4n) is 1.28. The lowest BCUT2D eigenvalue weighted by Gasteiger charge is -2.15. The first-order valence-corrected chi connectivity index (χ1v) is 8.16. The SMILES string of the molecule is CCC(Oc1cc(F)c(S(=O)(=O)Cl)cc1Br)C(N)=O. The molecule has 1 amide bonds. The summed E-state index contributed by atoms with van der Waals surface area (Å²) in [5.74, 6) is -1.82. The van der Waals surface area contributed by atoms with Gasteiger partial charge >= 0.3 is 0 Å². The summed E-state index contributed by atoms with van der Waals surface area (Å²) in [5.41, 5.74) is 5.09. The zero-order valence-electron chi connectivity index (χ0n) is 9.69. The topological polar surface area (TPSA) is 86.5 Å². The third-order valence-corrected chi connectivity index (χ3v) is 4.16. The van der Waals surface area contributed by atoms with E-state index in [1.165, 1.54) is 0 Å². The summed E-state index contributed by atoms with van der Waals surface area (Å²) in [6.07, 6.45) is -0.645. The highest BCUT2D eigenvalue weighted by atomic mass is 79.9. The van der Waals surface area contributed by atoms with Crippen molar-refractivity contribution in [3.8, 4) is 5.75 Å². The van der Waals surface area contributed by atoms with E-state index in [1.807, 2.05) is 0 Å². The lowest BCUT2D eigenvalue weighted by molar-refractivity contribution is -0.124. The number of benzene rings is 1. The van der Waals surface area contributed by atoms with Gasteiger partial charge in [-0.25, -0.2) is 12.8 Å². The van der Waals surface area contributed by atoms with E-state index in [-0.39, 0.29) is 10.2 Å². The average molecular weight is 375 g/mol. The second-order valence-corrected chi connectivity index (χ2v) is 6.96. The first-order chi connectivity index (χ1) is 8.66. The van der Waals surface area contributed by atoms with Crippen LogP contribution in [-0.4, -0.2) is 20.4 Å². The Morgan fingerprint density at radius 3 is 2.58 bits per heavy atom. The Morgan fingerprint density at radius 2 is 2.16 bits per heavy atom. The van der Waals surface area contributed by atoms with Crippen molar-refractivity contribution < 1.29 is 22.3 Å². The molecule has 1 aromatic rings. The highest BCUT2D eigenvalue weighted by molar-refractivity contribution is 9.10. The molecule has 5 nitrogen and oxygen atoms in total. The number of nitrogens with two attached hydrogens (primary N) is 1. The molecular weight excluding hydrogens is 365 g/mol. The summed E-state index contributed by atoms with van der Waals surface area (Å²) in [5, 5.41) is 0. The molecule has 1 unspecified atom stereocenters. The van der Waals surface area contributed by atoms with Gasteiger partial charge in [0, 0.05) is 16.7 Å². The molecule has 19 heavy (non-hydrogen) atoms. The van der Waals surface area contributed by atoms with E-state index in [9.17, 15) is 17.6 Å². The van der Waals surface area contributed by atoms with Crippen LogP contribution in [0.4, 0.5) is 4.39 Å². The van der Waals surface area contributed by atoms with Gasteiger partial charge < -0.3 is 10.5 Å². The van der Waals surface area contributed by atoms with Gasteiger partial charge in [0.25, 0.3) is 15.0 Å². The number of amides is 1. The van der Waals surface area contributed by atoms with Crippen LogP contribution in [0.2, 0.25) is 0 Å². The van der Waals surface area contributed by atoms with Crippen LogP contribution in [0, 0.1) is 5.82 Å². The van der Waals surface area contributed by atoms with Gasteiger partial charge in [0.1, 0.15) is 16.5 Å². The quantitative estimate of drug-likeness (QED) is 0.800. The second-order valence-electron chi connectivity index (χ2n) is 3.57. The zero-order chi connectivity index (χ0) is 14.8. The predicted octanol–water partition coefficient (Wildman–Crippen LogP) is 2.16. The van der Waals surface area contributed by atoms with Gasteiger partial charge in [0.05, 0.1) is 4.47 Å². The van der Waals surface area contributed by atoms with Crippen molar-refractivity contribution in [3.05, 3.63) is 22.4 Å². The van der Waals surface area contributed by atoms with Crippen molar-refractivity contribution >= 4 is 41.6 Å². The summed E-state index contributed by atoms with van der Waals surface area (Å²) in [4.78, 5) is 10.3. The Labute approximate surface area is 122 Å². The molecule has 0 spiro atoms. The van der Waals surface area contributed by atoms with Crippen LogP contribution < -0.4 is 10.5 Å². The Hall–Kier alpha value is -0.860. The van der Waals surface area contributed by atoms with Gasteiger partial charge in [0.15, 0.2) is 6.10 Å². The normalized spacial score (nSPS) is 13.1. The van der Waals surface area contributed by atoms with Crippen molar-refractivity contribution in [2.45, 2.75) is 24.3 Å². The Balaban J connectivity index is 3.20. The lowest BCUT2D eigenvalue weighted by atomic mass is 10.2. The van der Waals surface area contributed by atoms with Gasteiger partial charge in [-0.15, -0.1) is 0 Å². The molecule has 2 N–H and O–H groups in total. The van der Waals surface area contributed by atoms with Gasteiger partial charge in [-0.05, 0) is 28.4 Å². The van der Waals surface area contributed by atoms with Crippen LogP contribution in [0.3, 0.4) is 0 Å². The maximum absolute atomic E-state index is 13.6. The molecule has 0 fully saturated rings. The van der Waals surface area contributed by atoms with E-state index in [0.717, 1.165) is 12.1 Å². The summed E-state index contributed by atoms with van der Waals surface area (Å²) in [7, 11) is 0.865. The molecule has 1 rings (SSSR count). The standard InChI is InChI=1S/C10H10BrClFNO4S/c1-2-7(10(14)15)18-8-4-6(13)9(3-5(8)11)19(12,16)17/h3-4,7H,2H2,1H3,(H2,14,15). The Bertz CT molecular complexity index is 608. The van der Waals surface area contributed by atoms with Crippen LogP contribution in [0.15, 0.2) is 21.5 Å². The number of hydrogen-bond acceptors (Lipinski definition) is 4. The molecule has 0 saturated carbocycles. The van der Waals surface area contributed by atoms with Gasteiger partial charge in [-0.2, -0.15) is 0 Å². The Kier molecular flexibility index (Phi) is 5.17. The molecule has 0 radical (unpaired) electrons. The van der Waals surface area contributed by atoms with Gasteiger partial charge in [-0.1, -0.05) is 6.92 Å². The van der Waals surface area contributed by atoms with Crippen molar-refractivity contribution in [1.29, 1.82) is 0 Å². The zero-order valence-corrected chi connectivity index (χ0v) is 12.9. The van der Waals surface area contributed by atoms with E-state index in [0.29, 0.717) is 6.42 Å². The summed E-state index contributed by atoms with van der Waals surface area (Å²) < 4.78 is 41.1. The molecule has 0 aliphatic heterocycles. The molecule has 1 atom stereocenters. The van der Waals surface area contributed by atoms with Crippen LogP contribution in [0.1, 0.15) is 13.3 Å². The predicted molar refractivity (Wildman–Crippen MR) is 71.0 cm³/mol. The first-order valence-electron chi connectivity index (χ1n) is 5.06. The number of rotatable bonds is 5. The van der Waals surface area contributed by atoms with Crippen LogP contribution in [0.25, 0.3) is 0 Å². The van der Waals surface area contributed by atoms with Gasteiger partial charge in [-0.3, -0.25) is 4.79 Å². The van der Waals surface area contributed by atoms with E-state index < -0.39 is 31.8 Å². The number of halogens is 3. The van der Waals surface area contributed by atoms with Crippen LogP contribution in [0.5, 0.6) is 5.75 Å². The second kappa shape index (κ2) is 6.06. The monoisotopic (exact) mass is 373 g/mol. The number of hydrogen-bond donors (Lipinski definition) is 1. The summed E-state index contributed by atoms with van der Waals surface area (Å²) in [6.45, 7) is 1.66. The summed E-state index contributed by atoms with van der Waals surface area (Å²) >= 11 is 3.01. The lowest BCUT2D eigenvalue weighted by Crippen LogP contribution is -2.33. The Morgan fingerprint density at radius 1 is 1.58 bits per heavy atom.